The summed E-state index contributed by atoms with van der Waals surface area (Å²) in [5.74, 6) is 1.42. The molecule has 164 valence electrons. The van der Waals surface area contributed by atoms with Gasteiger partial charge in [0.1, 0.15) is 19.0 Å². The van der Waals surface area contributed by atoms with Crippen LogP contribution in [0.3, 0.4) is 0 Å². The fraction of sp³-hybridized carbons (Fsp3) is 0.167. The highest BCUT2D eigenvalue weighted by molar-refractivity contribution is 6.08. The van der Waals surface area contributed by atoms with Gasteiger partial charge in [0, 0.05) is 23.1 Å². The number of carbonyl (C=O) groups is 2. The van der Waals surface area contributed by atoms with Crippen molar-refractivity contribution in [3.8, 4) is 17.2 Å². The number of para-hydroxylation sites is 1. The molecule has 0 saturated heterocycles. The Labute approximate surface area is 185 Å². The molecule has 0 atom stereocenters. The molecule has 1 heterocycles. The van der Waals surface area contributed by atoms with Gasteiger partial charge in [-0.2, -0.15) is 0 Å². The number of amides is 2. The molecule has 0 bridgehead atoms. The van der Waals surface area contributed by atoms with E-state index in [0.717, 1.165) is 0 Å². The van der Waals surface area contributed by atoms with Crippen LogP contribution in [0.25, 0.3) is 0 Å². The number of benzene rings is 3. The molecule has 8 nitrogen and oxygen atoms in total. The topological polar surface area (TPSA) is 97.9 Å². The zero-order chi connectivity index (χ0) is 22.3. The molecule has 0 aromatic heterocycles. The lowest BCUT2D eigenvalue weighted by atomic mass is 10.1. The third-order valence-corrected chi connectivity index (χ3v) is 4.78. The first-order valence-electron chi connectivity index (χ1n) is 10.1. The molecule has 0 radical (unpaired) electrons. The Kier molecular flexibility index (Phi) is 6.41. The van der Waals surface area contributed by atoms with Crippen molar-refractivity contribution in [2.24, 2.45) is 0 Å². The quantitative estimate of drug-likeness (QED) is 0.525. The second kappa shape index (κ2) is 9.74. The van der Waals surface area contributed by atoms with Gasteiger partial charge in [-0.25, -0.2) is 0 Å². The Morgan fingerprint density at radius 1 is 0.875 bits per heavy atom. The average molecular weight is 433 g/mol. The Morgan fingerprint density at radius 3 is 2.38 bits per heavy atom. The van der Waals surface area contributed by atoms with E-state index in [4.69, 9.17) is 14.2 Å². The largest absolute Gasteiger partial charge is 0.497 e. The third kappa shape index (κ3) is 5.10. The summed E-state index contributed by atoms with van der Waals surface area (Å²) in [6, 6.07) is 19.3. The first-order valence-corrected chi connectivity index (χ1v) is 10.1. The van der Waals surface area contributed by atoms with E-state index in [-0.39, 0.29) is 18.4 Å². The fourth-order valence-corrected chi connectivity index (χ4v) is 3.21. The first kappa shape index (κ1) is 21.0. The molecular weight excluding hydrogens is 410 g/mol. The minimum atomic E-state index is -0.287. The summed E-state index contributed by atoms with van der Waals surface area (Å²) in [4.78, 5) is 25.2. The van der Waals surface area contributed by atoms with E-state index in [2.05, 4.69) is 16.0 Å². The van der Waals surface area contributed by atoms with Gasteiger partial charge in [-0.1, -0.05) is 12.1 Å². The summed E-state index contributed by atoms with van der Waals surface area (Å²) in [6.07, 6.45) is 0. The van der Waals surface area contributed by atoms with Crippen LogP contribution in [0.2, 0.25) is 0 Å². The van der Waals surface area contributed by atoms with E-state index in [9.17, 15) is 9.59 Å². The van der Waals surface area contributed by atoms with Crippen molar-refractivity contribution >= 4 is 28.9 Å². The summed E-state index contributed by atoms with van der Waals surface area (Å²) in [6.45, 7) is 0.969. The number of ether oxygens (including phenoxy) is 3. The van der Waals surface area contributed by atoms with Crippen molar-refractivity contribution in [1.82, 2.24) is 0 Å². The average Bonchev–Trinajstić information content (AvgIpc) is 2.83. The third-order valence-electron chi connectivity index (χ3n) is 4.78. The number of anilines is 3. The van der Waals surface area contributed by atoms with Gasteiger partial charge in [0.25, 0.3) is 5.91 Å². The van der Waals surface area contributed by atoms with E-state index < -0.39 is 0 Å². The lowest BCUT2D eigenvalue weighted by Gasteiger charge is -2.19. The number of methoxy groups -OCH3 is 1. The molecule has 3 aromatic carbocycles. The summed E-state index contributed by atoms with van der Waals surface area (Å²) in [5, 5.41) is 8.69. The van der Waals surface area contributed by atoms with Gasteiger partial charge in [-0.3, -0.25) is 9.59 Å². The highest BCUT2D eigenvalue weighted by atomic mass is 16.6. The van der Waals surface area contributed by atoms with Crippen LogP contribution < -0.4 is 30.2 Å². The molecule has 3 N–H and O–H groups in total. The molecule has 0 unspecified atom stereocenters. The second-order valence-corrected chi connectivity index (χ2v) is 6.99. The predicted octanol–water partition coefficient (Wildman–Crippen LogP) is 3.77. The molecule has 1 aliphatic heterocycles. The number of rotatable bonds is 7. The standard InChI is InChI=1S/C24H23N3O5/c1-30-18-9-6-16(7-10-18)27-24(29)19-4-2-3-5-20(19)25-15-23(28)26-17-8-11-21-22(14-17)32-13-12-31-21/h2-11,14,25H,12-13,15H2,1H3,(H,26,28)(H,27,29). The number of nitrogens with one attached hydrogen (secondary N) is 3. The highest BCUT2D eigenvalue weighted by Gasteiger charge is 2.14. The summed E-state index contributed by atoms with van der Waals surface area (Å²) < 4.78 is 16.1. The summed E-state index contributed by atoms with van der Waals surface area (Å²) >= 11 is 0. The normalized spacial score (nSPS) is 11.9. The molecule has 32 heavy (non-hydrogen) atoms. The van der Waals surface area contributed by atoms with E-state index >= 15 is 0 Å². The van der Waals surface area contributed by atoms with Crippen LogP contribution >= 0.6 is 0 Å². The Bertz CT molecular complexity index is 1110. The zero-order valence-electron chi connectivity index (χ0n) is 17.5. The van der Waals surface area contributed by atoms with Gasteiger partial charge in [0.15, 0.2) is 11.5 Å². The number of carbonyl (C=O) groups excluding carboxylic acids is 2. The molecular formula is C24H23N3O5. The van der Waals surface area contributed by atoms with Gasteiger partial charge < -0.3 is 30.2 Å². The Hall–Kier alpha value is -4.20. The summed E-state index contributed by atoms with van der Waals surface area (Å²) in [5.41, 5.74) is 2.22. The van der Waals surface area contributed by atoms with Gasteiger partial charge in [-0.15, -0.1) is 0 Å². The lowest BCUT2D eigenvalue weighted by Crippen LogP contribution is -2.23. The van der Waals surface area contributed by atoms with Crippen molar-refractivity contribution in [1.29, 1.82) is 0 Å². The van der Waals surface area contributed by atoms with E-state index in [1.807, 2.05) is 0 Å². The number of hydrogen-bond donors (Lipinski definition) is 3. The molecule has 0 aliphatic carbocycles. The molecule has 0 fully saturated rings. The lowest BCUT2D eigenvalue weighted by molar-refractivity contribution is -0.114. The number of hydrogen-bond acceptors (Lipinski definition) is 6. The van der Waals surface area contributed by atoms with Crippen molar-refractivity contribution in [3.63, 3.8) is 0 Å². The molecule has 1 aliphatic rings. The molecule has 0 saturated carbocycles. The Balaban J connectivity index is 1.37. The van der Waals surface area contributed by atoms with Gasteiger partial charge in [0.05, 0.1) is 19.2 Å². The minimum absolute atomic E-state index is 0.0126. The molecule has 4 rings (SSSR count). The van der Waals surface area contributed by atoms with Crippen LogP contribution in [-0.2, 0) is 4.79 Å². The number of fused-ring (bicyclic) bond motifs is 1. The van der Waals surface area contributed by atoms with Gasteiger partial charge >= 0.3 is 0 Å². The fourth-order valence-electron chi connectivity index (χ4n) is 3.21. The van der Waals surface area contributed by atoms with Crippen LogP contribution in [-0.4, -0.2) is 38.7 Å². The predicted molar refractivity (Wildman–Crippen MR) is 122 cm³/mol. The summed E-state index contributed by atoms with van der Waals surface area (Å²) in [7, 11) is 1.58. The van der Waals surface area contributed by atoms with Crippen molar-refractivity contribution in [3.05, 3.63) is 72.3 Å². The maximum atomic E-state index is 12.8. The Morgan fingerprint density at radius 2 is 1.59 bits per heavy atom. The zero-order valence-corrected chi connectivity index (χ0v) is 17.5. The van der Waals surface area contributed by atoms with Gasteiger partial charge in [0.2, 0.25) is 5.91 Å². The van der Waals surface area contributed by atoms with E-state index in [1.54, 1.807) is 73.8 Å². The molecule has 2 amide bonds. The minimum Gasteiger partial charge on any atom is -0.497 e. The van der Waals surface area contributed by atoms with Crippen molar-refractivity contribution in [2.45, 2.75) is 0 Å². The van der Waals surface area contributed by atoms with Crippen molar-refractivity contribution < 1.29 is 23.8 Å². The van der Waals surface area contributed by atoms with E-state index in [0.29, 0.717) is 53.1 Å². The van der Waals surface area contributed by atoms with Crippen LogP contribution in [0.4, 0.5) is 17.1 Å². The second-order valence-electron chi connectivity index (χ2n) is 6.99. The van der Waals surface area contributed by atoms with Crippen LogP contribution in [0.15, 0.2) is 66.7 Å². The first-order chi connectivity index (χ1) is 15.6. The maximum Gasteiger partial charge on any atom is 0.257 e. The van der Waals surface area contributed by atoms with Crippen LogP contribution in [0.5, 0.6) is 17.2 Å². The smallest absolute Gasteiger partial charge is 0.257 e. The molecule has 0 spiro atoms. The molecule has 3 aromatic rings. The monoisotopic (exact) mass is 433 g/mol. The van der Waals surface area contributed by atoms with E-state index in [1.165, 1.54) is 0 Å². The SMILES string of the molecule is COc1ccc(NC(=O)c2ccccc2NCC(=O)Nc2ccc3c(c2)OCCO3)cc1. The maximum absolute atomic E-state index is 12.8. The highest BCUT2D eigenvalue weighted by Crippen LogP contribution is 2.32. The van der Waals surface area contributed by atoms with Crippen LogP contribution in [0, 0.1) is 0 Å². The van der Waals surface area contributed by atoms with Crippen molar-refractivity contribution in [2.75, 3.05) is 42.8 Å². The molecule has 8 heteroatoms. The van der Waals surface area contributed by atoms with Gasteiger partial charge in [-0.05, 0) is 48.5 Å². The van der Waals surface area contributed by atoms with Crippen LogP contribution in [0.1, 0.15) is 10.4 Å².